The van der Waals surface area contributed by atoms with Gasteiger partial charge in [-0.25, -0.2) is 0 Å². The Balaban J connectivity index is 0.000000205. The quantitative estimate of drug-likeness (QED) is 0.209. The Morgan fingerprint density at radius 3 is 1.49 bits per heavy atom. The summed E-state index contributed by atoms with van der Waals surface area (Å²) in [6.07, 6.45) is -11.2. The summed E-state index contributed by atoms with van der Waals surface area (Å²) >= 11 is 0. The van der Waals surface area contributed by atoms with Crippen molar-refractivity contribution in [2.75, 3.05) is 14.1 Å². The number of hydrogen-bond acceptors (Lipinski definition) is 6. The second-order valence-electron chi connectivity index (χ2n) is 10.4. The minimum absolute atomic E-state index is 0.000308. The highest BCUT2D eigenvalue weighted by Crippen LogP contribution is 2.52. The lowest BCUT2D eigenvalue weighted by molar-refractivity contribution is -0.297. The molecule has 0 saturated carbocycles. The predicted octanol–water partition coefficient (Wildman–Crippen LogP) is 5.64. The molecule has 0 saturated heterocycles. The van der Waals surface area contributed by atoms with E-state index in [4.69, 9.17) is 0 Å². The number of halogens is 6. The van der Waals surface area contributed by atoms with Crippen LogP contribution in [0.5, 0.6) is 0 Å². The molecule has 4 amide bonds. The predicted molar refractivity (Wildman–Crippen MR) is 145 cm³/mol. The van der Waals surface area contributed by atoms with Crippen LogP contribution in [-0.4, -0.2) is 71.4 Å². The van der Waals surface area contributed by atoms with Gasteiger partial charge in [0.2, 0.25) is 0 Å². The zero-order valence-corrected chi connectivity index (χ0v) is 23.9. The first kappa shape index (κ1) is 32.8. The average molecular weight is 633 g/mol. The maximum atomic E-state index is 13.0. The fourth-order valence-electron chi connectivity index (χ4n) is 4.71. The van der Waals surface area contributed by atoms with E-state index in [-0.39, 0.29) is 35.5 Å². The van der Waals surface area contributed by atoms with E-state index in [2.05, 4.69) is 0 Å². The van der Waals surface area contributed by atoms with Gasteiger partial charge < -0.3 is 0 Å². The third-order valence-corrected chi connectivity index (χ3v) is 7.68. The van der Waals surface area contributed by atoms with Crippen LogP contribution in [-0.2, 0) is 5.41 Å². The lowest BCUT2D eigenvalue weighted by atomic mass is 9.80. The van der Waals surface area contributed by atoms with E-state index in [1.54, 1.807) is 18.2 Å². The topological polar surface area (TPSA) is 109 Å². The number of Topliss-reactive ketones (excluding diaryl/α,β-unsaturated/α-hetero) is 1. The van der Waals surface area contributed by atoms with E-state index in [0.717, 1.165) is 18.0 Å². The molecule has 3 aromatic carbocycles. The Morgan fingerprint density at radius 2 is 1.00 bits per heavy atom. The molecule has 14 heteroatoms. The van der Waals surface area contributed by atoms with Crippen molar-refractivity contribution in [2.24, 2.45) is 0 Å². The Bertz CT molecular complexity index is 1800. The number of fused-ring (bicyclic) bond motifs is 2. The van der Waals surface area contributed by atoms with E-state index in [0.29, 0.717) is 39.3 Å². The van der Waals surface area contributed by atoms with Gasteiger partial charge in [0.15, 0.2) is 17.0 Å². The van der Waals surface area contributed by atoms with Crippen molar-refractivity contribution in [3.8, 4) is 0 Å². The van der Waals surface area contributed by atoms with Gasteiger partial charge >= 0.3 is 12.4 Å². The smallest absolute Gasteiger partial charge is 0.295 e. The highest BCUT2D eigenvalue weighted by Gasteiger charge is 2.68. The molecule has 0 aromatic heterocycles. The van der Waals surface area contributed by atoms with Gasteiger partial charge in [-0.15, -0.1) is 0 Å². The molecular formula is C31H22F6N2O6. The molecular weight excluding hydrogens is 610 g/mol. The second-order valence-corrected chi connectivity index (χ2v) is 10.4. The minimum Gasteiger partial charge on any atom is -0.295 e. The van der Waals surface area contributed by atoms with Crippen molar-refractivity contribution in [2.45, 2.75) is 31.6 Å². The maximum absolute atomic E-state index is 13.0. The molecule has 5 rings (SSSR count). The Kier molecular flexibility index (Phi) is 8.08. The molecule has 0 unspecified atom stereocenters. The van der Waals surface area contributed by atoms with Gasteiger partial charge in [0.1, 0.15) is 0 Å². The number of rotatable bonds is 4. The van der Waals surface area contributed by atoms with E-state index < -0.39 is 46.6 Å². The first-order valence-electron chi connectivity index (χ1n) is 12.9. The molecule has 0 aliphatic carbocycles. The molecule has 45 heavy (non-hydrogen) atoms. The molecule has 3 aromatic rings. The van der Waals surface area contributed by atoms with Gasteiger partial charge in [-0.2, -0.15) is 26.3 Å². The van der Waals surface area contributed by atoms with Crippen LogP contribution in [0, 0.1) is 0 Å². The van der Waals surface area contributed by atoms with Gasteiger partial charge in [-0.3, -0.25) is 38.6 Å². The lowest BCUT2D eigenvalue weighted by Crippen LogP contribution is -2.51. The van der Waals surface area contributed by atoms with Crippen LogP contribution in [0.25, 0.3) is 0 Å². The third kappa shape index (κ3) is 5.40. The van der Waals surface area contributed by atoms with Crippen LogP contribution in [0.1, 0.15) is 87.1 Å². The number of alkyl halides is 6. The lowest BCUT2D eigenvalue weighted by Gasteiger charge is -2.34. The highest BCUT2D eigenvalue weighted by molar-refractivity contribution is 6.23. The molecule has 2 aliphatic rings. The number of ketones is 2. The number of imide groups is 2. The van der Waals surface area contributed by atoms with E-state index in [9.17, 15) is 55.1 Å². The van der Waals surface area contributed by atoms with Gasteiger partial charge in [0, 0.05) is 30.8 Å². The second kappa shape index (κ2) is 11.1. The molecule has 0 spiro atoms. The highest BCUT2D eigenvalue weighted by atomic mass is 19.4. The standard InChI is InChI=1S/C18H13NO4.C13H9F6NO2/c1-10(20)11-4-3-5-12(8-11)16(21)13-6-7-14-15(9-13)18(23)19(2)17(14)22;1-11(12(14,15)16,13(17,18)19)6-3-4-7-8(5-6)10(22)20(2)9(7)21/h3-9H,1-2H3;3-5H,1-2H3. The molecule has 0 bridgehead atoms. The fraction of sp³-hybridized carbons (Fsp3) is 0.226. The molecule has 234 valence electrons. The summed E-state index contributed by atoms with van der Waals surface area (Å²) < 4.78 is 78.0. The minimum atomic E-state index is -5.61. The molecule has 0 radical (unpaired) electrons. The summed E-state index contributed by atoms with van der Waals surface area (Å²) in [5.74, 6) is -2.93. The van der Waals surface area contributed by atoms with Crippen molar-refractivity contribution in [1.82, 2.24) is 9.80 Å². The number of benzene rings is 3. The summed E-state index contributed by atoms with van der Waals surface area (Å²) in [4.78, 5) is 72.9. The molecule has 0 atom stereocenters. The number of nitrogens with zero attached hydrogens (tertiary/aromatic N) is 2. The summed E-state index contributed by atoms with van der Waals surface area (Å²) in [6.45, 7) is 1.43. The number of amides is 4. The van der Waals surface area contributed by atoms with Crippen molar-refractivity contribution in [1.29, 1.82) is 0 Å². The van der Waals surface area contributed by atoms with Crippen LogP contribution in [0.2, 0.25) is 0 Å². The summed E-state index contributed by atoms with van der Waals surface area (Å²) in [6, 6.07) is 12.7. The van der Waals surface area contributed by atoms with E-state index in [1.165, 1.54) is 38.2 Å². The largest absolute Gasteiger partial charge is 0.406 e. The van der Waals surface area contributed by atoms with Crippen LogP contribution >= 0.6 is 0 Å². The molecule has 2 aliphatic heterocycles. The summed E-state index contributed by atoms with van der Waals surface area (Å²) in [5, 5.41) is 0. The first-order valence-corrected chi connectivity index (χ1v) is 12.9. The van der Waals surface area contributed by atoms with E-state index >= 15 is 0 Å². The first-order chi connectivity index (χ1) is 20.7. The zero-order valence-electron chi connectivity index (χ0n) is 23.9. The van der Waals surface area contributed by atoms with Gasteiger partial charge in [0.05, 0.1) is 22.3 Å². The Hall–Kier alpha value is -5.14. The van der Waals surface area contributed by atoms with E-state index in [1.807, 2.05) is 0 Å². The molecule has 8 nitrogen and oxygen atoms in total. The normalized spacial score (nSPS) is 14.7. The fourth-order valence-corrected chi connectivity index (χ4v) is 4.71. The summed E-state index contributed by atoms with van der Waals surface area (Å²) in [7, 11) is 2.50. The van der Waals surface area contributed by atoms with Gasteiger partial charge in [-0.1, -0.05) is 30.3 Å². The van der Waals surface area contributed by atoms with Crippen LogP contribution in [0.4, 0.5) is 26.3 Å². The van der Waals surface area contributed by atoms with Crippen LogP contribution in [0.15, 0.2) is 60.7 Å². The maximum Gasteiger partial charge on any atom is 0.406 e. The SMILES string of the molecule is CC(=O)c1cccc(C(=O)c2ccc3c(c2)C(=O)N(C)C3=O)c1.CN1C(=O)c2ccc(C(C)(C(F)(F)F)C(F)(F)F)cc2C1=O. The number of hydrogen-bond donors (Lipinski definition) is 0. The van der Waals surface area contributed by atoms with Gasteiger partial charge in [-0.05, 0) is 49.7 Å². The Morgan fingerprint density at radius 1 is 0.578 bits per heavy atom. The monoisotopic (exact) mass is 632 g/mol. The molecule has 2 heterocycles. The van der Waals surface area contributed by atoms with Crippen molar-refractivity contribution in [3.63, 3.8) is 0 Å². The van der Waals surface area contributed by atoms with Crippen LogP contribution < -0.4 is 0 Å². The van der Waals surface area contributed by atoms with Crippen LogP contribution in [0.3, 0.4) is 0 Å². The molecule has 0 fully saturated rings. The summed E-state index contributed by atoms with van der Waals surface area (Å²) in [5.41, 5.74) is -4.32. The van der Waals surface area contributed by atoms with Crippen molar-refractivity contribution < 1.29 is 55.1 Å². The third-order valence-electron chi connectivity index (χ3n) is 7.68. The molecule has 0 N–H and O–H groups in total. The zero-order chi connectivity index (χ0) is 33.8. The Labute approximate surface area is 251 Å². The number of carbonyl (C=O) groups excluding carboxylic acids is 6. The van der Waals surface area contributed by atoms with Crippen molar-refractivity contribution >= 4 is 35.2 Å². The van der Waals surface area contributed by atoms with Crippen molar-refractivity contribution in [3.05, 3.63) is 105 Å². The number of carbonyl (C=O) groups is 6. The van der Waals surface area contributed by atoms with Gasteiger partial charge in [0.25, 0.3) is 23.6 Å². The average Bonchev–Trinajstić information content (AvgIpc) is 3.34.